The van der Waals surface area contributed by atoms with E-state index in [1.165, 1.54) is 25.7 Å². The van der Waals surface area contributed by atoms with Gasteiger partial charge in [-0.2, -0.15) is 0 Å². The number of carbonyl (C=O) groups excluding carboxylic acids is 3. The summed E-state index contributed by atoms with van der Waals surface area (Å²) in [5.41, 5.74) is 0. The van der Waals surface area contributed by atoms with Gasteiger partial charge in [0.25, 0.3) is 0 Å². The Morgan fingerprint density at radius 3 is 1.19 bits per heavy atom. The fourth-order valence-corrected chi connectivity index (χ4v) is 5.27. The molecule has 0 N–H and O–H groups in total. The van der Waals surface area contributed by atoms with Crippen LogP contribution in [0.5, 0.6) is 0 Å². The highest BCUT2D eigenvalue weighted by Crippen LogP contribution is 2.11. The predicted octanol–water partition coefficient (Wildman–Crippen LogP) is 13.3. The van der Waals surface area contributed by atoms with Crippen molar-refractivity contribution in [1.82, 2.24) is 0 Å². The molecule has 0 heterocycles. The van der Waals surface area contributed by atoms with E-state index in [1.807, 2.05) is 0 Å². The van der Waals surface area contributed by atoms with Gasteiger partial charge in [-0.25, -0.2) is 0 Å². The lowest BCUT2D eigenvalue weighted by Crippen LogP contribution is -2.30. The first-order valence-corrected chi connectivity index (χ1v) is 21.1. The molecule has 6 nitrogen and oxygen atoms in total. The maximum Gasteiger partial charge on any atom is 0.306 e. The second-order valence-electron chi connectivity index (χ2n) is 13.5. The van der Waals surface area contributed by atoms with Crippen LogP contribution in [0.1, 0.15) is 175 Å². The Morgan fingerprint density at radius 2 is 0.736 bits per heavy atom. The molecule has 0 aromatic rings. The molecule has 0 saturated carbocycles. The molecule has 0 aromatic heterocycles. The zero-order valence-corrected chi connectivity index (χ0v) is 34.0. The summed E-state index contributed by atoms with van der Waals surface area (Å²) in [6, 6.07) is 0. The zero-order valence-electron chi connectivity index (χ0n) is 34.0. The molecule has 300 valence electrons. The number of allylic oxidation sites excluding steroid dienone is 14. The average Bonchev–Trinajstić information content (AvgIpc) is 3.15. The van der Waals surface area contributed by atoms with Gasteiger partial charge in [0.1, 0.15) is 13.2 Å². The van der Waals surface area contributed by atoms with E-state index >= 15 is 0 Å². The molecular weight excluding hydrogens is 661 g/mol. The van der Waals surface area contributed by atoms with E-state index in [-0.39, 0.29) is 37.5 Å². The van der Waals surface area contributed by atoms with E-state index < -0.39 is 6.10 Å². The Bertz CT molecular complexity index is 1080. The van der Waals surface area contributed by atoms with Crippen molar-refractivity contribution >= 4 is 17.9 Å². The minimum absolute atomic E-state index is 0.103. The third-order valence-electron chi connectivity index (χ3n) is 8.40. The topological polar surface area (TPSA) is 78.9 Å². The summed E-state index contributed by atoms with van der Waals surface area (Å²) in [7, 11) is 0. The zero-order chi connectivity index (χ0) is 38.7. The van der Waals surface area contributed by atoms with Crippen LogP contribution >= 0.6 is 0 Å². The summed E-state index contributed by atoms with van der Waals surface area (Å²) in [6.45, 7) is 6.26. The maximum absolute atomic E-state index is 12.6. The first-order valence-electron chi connectivity index (χ1n) is 21.1. The fraction of sp³-hybridized carbons (Fsp3) is 0.638. The Kier molecular flexibility index (Phi) is 38.7. The van der Waals surface area contributed by atoms with Gasteiger partial charge < -0.3 is 14.2 Å². The Morgan fingerprint density at radius 1 is 0.396 bits per heavy atom. The van der Waals surface area contributed by atoms with Crippen molar-refractivity contribution in [3.8, 4) is 0 Å². The van der Waals surface area contributed by atoms with Gasteiger partial charge in [-0.1, -0.05) is 151 Å². The Hall–Kier alpha value is -3.41. The number of carbonyl (C=O) groups is 3. The Labute approximate surface area is 325 Å². The lowest BCUT2D eigenvalue weighted by molar-refractivity contribution is -0.167. The van der Waals surface area contributed by atoms with Crippen LogP contribution in [-0.2, 0) is 28.6 Å². The minimum Gasteiger partial charge on any atom is -0.462 e. The van der Waals surface area contributed by atoms with E-state index in [0.717, 1.165) is 109 Å². The molecule has 1 atom stereocenters. The molecule has 0 bridgehead atoms. The van der Waals surface area contributed by atoms with Crippen LogP contribution in [0, 0.1) is 0 Å². The van der Waals surface area contributed by atoms with Gasteiger partial charge in [0.05, 0.1) is 0 Å². The molecule has 0 aromatic carbocycles. The van der Waals surface area contributed by atoms with Crippen LogP contribution < -0.4 is 0 Å². The second-order valence-corrected chi connectivity index (χ2v) is 13.5. The van der Waals surface area contributed by atoms with E-state index in [0.29, 0.717) is 12.8 Å². The van der Waals surface area contributed by atoms with Crippen molar-refractivity contribution in [1.29, 1.82) is 0 Å². The smallest absolute Gasteiger partial charge is 0.306 e. The number of hydrogen-bond donors (Lipinski definition) is 0. The van der Waals surface area contributed by atoms with Crippen LogP contribution in [-0.4, -0.2) is 37.2 Å². The Balaban J connectivity index is 4.47. The monoisotopic (exact) mass is 737 g/mol. The molecular formula is C47H76O6. The molecule has 0 spiro atoms. The first kappa shape index (κ1) is 49.6. The predicted molar refractivity (Wildman–Crippen MR) is 224 cm³/mol. The summed E-state index contributed by atoms with van der Waals surface area (Å²) in [4.78, 5) is 37.5. The lowest BCUT2D eigenvalue weighted by Gasteiger charge is -2.18. The third kappa shape index (κ3) is 39.6. The SMILES string of the molecule is CC/C=C\C/C=C\C/C=C\C/C=C\CCCCC(=O)OCC(COC(=O)CCCCCCCCC)OC(=O)CCCCC/C=C\C/C=C\C/C=C\CC. The van der Waals surface area contributed by atoms with Crippen LogP contribution in [0.4, 0.5) is 0 Å². The molecule has 0 rings (SSSR count). The summed E-state index contributed by atoms with van der Waals surface area (Å²) in [6.07, 6.45) is 51.5. The first-order chi connectivity index (χ1) is 26.0. The van der Waals surface area contributed by atoms with Crippen molar-refractivity contribution < 1.29 is 28.6 Å². The molecule has 0 aliphatic rings. The van der Waals surface area contributed by atoms with E-state index in [4.69, 9.17) is 14.2 Å². The third-order valence-corrected chi connectivity index (χ3v) is 8.40. The average molecular weight is 737 g/mol. The lowest BCUT2D eigenvalue weighted by atomic mass is 10.1. The van der Waals surface area contributed by atoms with Crippen molar-refractivity contribution in [3.63, 3.8) is 0 Å². The van der Waals surface area contributed by atoms with Gasteiger partial charge in [-0.3, -0.25) is 14.4 Å². The van der Waals surface area contributed by atoms with E-state index in [9.17, 15) is 14.4 Å². The summed E-state index contributed by atoms with van der Waals surface area (Å²) < 4.78 is 16.5. The maximum atomic E-state index is 12.6. The molecule has 53 heavy (non-hydrogen) atoms. The fourth-order valence-electron chi connectivity index (χ4n) is 5.27. The van der Waals surface area contributed by atoms with Crippen LogP contribution in [0.15, 0.2) is 85.1 Å². The van der Waals surface area contributed by atoms with Crippen molar-refractivity contribution in [2.75, 3.05) is 13.2 Å². The van der Waals surface area contributed by atoms with Crippen molar-refractivity contribution in [2.45, 2.75) is 181 Å². The molecule has 0 aliphatic carbocycles. The van der Waals surface area contributed by atoms with Gasteiger partial charge in [-0.05, 0) is 89.9 Å². The molecule has 1 unspecified atom stereocenters. The molecule has 0 aliphatic heterocycles. The van der Waals surface area contributed by atoms with Crippen molar-refractivity contribution in [2.24, 2.45) is 0 Å². The summed E-state index contributed by atoms with van der Waals surface area (Å²) >= 11 is 0. The van der Waals surface area contributed by atoms with E-state index in [1.54, 1.807) is 0 Å². The van der Waals surface area contributed by atoms with Gasteiger partial charge >= 0.3 is 17.9 Å². The number of rotatable bonds is 36. The number of ether oxygens (including phenoxy) is 3. The van der Waals surface area contributed by atoms with Gasteiger partial charge in [0, 0.05) is 19.3 Å². The quantitative estimate of drug-likeness (QED) is 0.0276. The molecule has 0 radical (unpaired) electrons. The summed E-state index contributed by atoms with van der Waals surface area (Å²) in [5, 5.41) is 0. The number of unbranched alkanes of at least 4 members (excludes halogenated alkanes) is 11. The van der Waals surface area contributed by atoms with Crippen LogP contribution in [0.2, 0.25) is 0 Å². The van der Waals surface area contributed by atoms with Gasteiger partial charge in [-0.15, -0.1) is 0 Å². The molecule has 0 fully saturated rings. The molecule has 6 heteroatoms. The van der Waals surface area contributed by atoms with Gasteiger partial charge in [0.2, 0.25) is 0 Å². The molecule has 0 amide bonds. The van der Waals surface area contributed by atoms with Gasteiger partial charge in [0.15, 0.2) is 6.10 Å². The highest BCUT2D eigenvalue weighted by molar-refractivity contribution is 5.71. The van der Waals surface area contributed by atoms with E-state index in [2.05, 4.69) is 106 Å². The highest BCUT2D eigenvalue weighted by atomic mass is 16.6. The molecule has 0 saturated heterocycles. The largest absolute Gasteiger partial charge is 0.462 e. The standard InChI is InChI=1S/C47H76O6/c1-4-7-10-13-16-18-20-22-23-25-26-28-31-34-37-40-46(49)52-43-44(42-51-45(48)39-36-33-30-15-12-9-6-3)53-47(50)41-38-35-32-29-27-24-21-19-17-14-11-8-5-2/h7-8,10-11,16-19,22-24,26-28,44H,4-6,9,12-15,20-21,25,29-43H2,1-3H3/b10-7-,11-8-,18-16-,19-17-,23-22-,27-24-,28-26-. The van der Waals surface area contributed by atoms with Crippen molar-refractivity contribution in [3.05, 3.63) is 85.1 Å². The van der Waals surface area contributed by atoms with Crippen LogP contribution in [0.3, 0.4) is 0 Å². The summed E-state index contributed by atoms with van der Waals surface area (Å²) in [5.74, 6) is -0.994. The minimum atomic E-state index is -0.803. The second kappa shape index (κ2) is 41.3. The number of esters is 3. The highest BCUT2D eigenvalue weighted by Gasteiger charge is 2.19. The normalized spacial score (nSPS) is 12.9. The van der Waals surface area contributed by atoms with Crippen LogP contribution in [0.25, 0.3) is 0 Å². The number of hydrogen-bond acceptors (Lipinski definition) is 6.